The molecule has 0 aromatic heterocycles. The molecule has 4 heteroatoms. The van der Waals surface area contributed by atoms with Gasteiger partial charge in [-0.3, -0.25) is 9.69 Å². The summed E-state index contributed by atoms with van der Waals surface area (Å²) in [7, 11) is 0. The molecule has 6 rings (SSSR count). The number of hydrogen-bond donors (Lipinski definition) is 0. The molecule has 1 saturated heterocycles. The van der Waals surface area contributed by atoms with Crippen molar-refractivity contribution in [1.82, 2.24) is 9.80 Å². The molecule has 198 valence electrons. The monoisotopic (exact) mass is 515 g/mol. The SMILES string of the molecule is O=C(c1cccc(N2CCN(CCC(c3ccccc3)c3ccccc3)CC2)c1)N1CCc2ccccc2C1. The topological polar surface area (TPSA) is 26.8 Å². The summed E-state index contributed by atoms with van der Waals surface area (Å²) in [6.07, 6.45) is 2.04. The Labute approximate surface area is 232 Å². The Morgan fingerprint density at radius 2 is 1.31 bits per heavy atom. The normalized spacial score (nSPS) is 15.8. The Morgan fingerprint density at radius 1 is 0.667 bits per heavy atom. The van der Waals surface area contributed by atoms with Gasteiger partial charge in [0.25, 0.3) is 5.91 Å². The fraction of sp³-hybridized carbons (Fsp3) is 0.286. The highest BCUT2D eigenvalue weighted by atomic mass is 16.2. The van der Waals surface area contributed by atoms with Crippen molar-refractivity contribution in [1.29, 1.82) is 0 Å². The molecule has 0 spiro atoms. The molecule has 39 heavy (non-hydrogen) atoms. The Bertz CT molecular complexity index is 1340. The van der Waals surface area contributed by atoms with E-state index in [1.165, 1.54) is 22.3 Å². The molecule has 2 heterocycles. The summed E-state index contributed by atoms with van der Waals surface area (Å²) in [5.41, 5.74) is 7.37. The van der Waals surface area contributed by atoms with Crippen LogP contribution in [0, 0.1) is 0 Å². The number of rotatable bonds is 7. The highest BCUT2D eigenvalue weighted by molar-refractivity contribution is 5.95. The van der Waals surface area contributed by atoms with Crippen molar-refractivity contribution in [2.75, 3.05) is 44.2 Å². The van der Waals surface area contributed by atoms with E-state index in [1.54, 1.807) is 0 Å². The van der Waals surface area contributed by atoms with E-state index in [4.69, 9.17) is 0 Å². The lowest BCUT2D eigenvalue weighted by Gasteiger charge is -2.37. The van der Waals surface area contributed by atoms with Gasteiger partial charge in [0, 0.05) is 56.4 Å². The molecule has 4 nitrogen and oxygen atoms in total. The number of amides is 1. The van der Waals surface area contributed by atoms with Gasteiger partial charge in [-0.15, -0.1) is 0 Å². The second kappa shape index (κ2) is 11.9. The zero-order valence-corrected chi connectivity index (χ0v) is 22.6. The molecular weight excluding hydrogens is 478 g/mol. The van der Waals surface area contributed by atoms with Gasteiger partial charge in [-0.25, -0.2) is 0 Å². The summed E-state index contributed by atoms with van der Waals surface area (Å²) in [6, 6.07) is 38.5. The highest BCUT2D eigenvalue weighted by Crippen LogP contribution is 2.29. The van der Waals surface area contributed by atoms with Crippen LogP contribution in [0.2, 0.25) is 0 Å². The fourth-order valence-electron chi connectivity index (χ4n) is 6.13. The molecule has 0 bridgehead atoms. The van der Waals surface area contributed by atoms with Gasteiger partial charge in [-0.05, 0) is 59.8 Å². The zero-order valence-electron chi connectivity index (χ0n) is 22.6. The summed E-state index contributed by atoms with van der Waals surface area (Å²) in [4.78, 5) is 20.4. The number of fused-ring (bicyclic) bond motifs is 1. The summed E-state index contributed by atoms with van der Waals surface area (Å²) in [5.74, 6) is 0.549. The van der Waals surface area contributed by atoms with Gasteiger partial charge >= 0.3 is 0 Å². The predicted octanol–water partition coefficient (Wildman–Crippen LogP) is 6.23. The molecule has 2 aliphatic rings. The van der Waals surface area contributed by atoms with Gasteiger partial charge < -0.3 is 9.80 Å². The molecule has 0 unspecified atom stereocenters. The average molecular weight is 516 g/mol. The number of nitrogens with zero attached hydrogens (tertiary/aromatic N) is 3. The van der Waals surface area contributed by atoms with E-state index in [0.717, 1.165) is 63.4 Å². The van der Waals surface area contributed by atoms with E-state index in [-0.39, 0.29) is 5.91 Å². The molecular formula is C35H37N3O. The van der Waals surface area contributed by atoms with Crippen molar-refractivity contribution in [2.45, 2.75) is 25.3 Å². The first-order chi connectivity index (χ1) is 19.2. The second-order valence-electron chi connectivity index (χ2n) is 10.8. The highest BCUT2D eigenvalue weighted by Gasteiger charge is 2.24. The third-order valence-corrected chi connectivity index (χ3v) is 8.39. The largest absolute Gasteiger partial charge is 0.369 e. The molecule has 2 aliphatic heterocycles. The third-order valence-electron chi connectivity index (χ3n) is 8.39. The van der Waals surface area contributed by atoms with Gasteiger partial charge in [0.2, 0.25) is 0 Å². The minimum Gasteiger partial charge on any atom is -0.369 e. The Balaban J connectivity index is 1.06. The summed E-state index contributed by atoms with van der Waals surface area (Å²) < 4.78 is 0. The maximum absolute atomic E-state index is 13.4. The van der Waals surface area contributed by atoms with Crippen molar-refractivity contribution in [3.8, 4) is 0 Å². The van der Waals surface area contributed by atoms with Gasteiger partial charge in [-0.2, -0.15) is 0 Å². The van der Waals surface area contributed by atoms with Crippen LogP contribution in [-0.4, -0.2) is 55.0 Å². The van der Waals surface area contributed by atoms with Crippen LogP contribution in [0.3, 0.4) is 0 Å². The summed E-state index contributed by atoms with van der Waals surface area (Å²) in [5, 5.41) is 0. The van der Waals surface area contributed by atoms with E-state index >= 15 is 0 Å². The molecule has 0 radical (unpaired) electrons. The van der Waals surface area contributed by atoms with E-state index < -0.39 is 0 Å². The van der Waals surface area contributed by atoms with Gasteiger partial charge in [0.05, 0.1) is 0 Å². The number of anilines is 1. The van der Waals surface area contributed by atoms with Crippen LogP contribution in [0.15, 0.2) is 109 Å². The van der Waals surface area contributed by atoms with E-state index in [1.807, 2.05) is 17.0 Å². The molecule has 1 fully saturated rings. The quantitative estimate of drug-likeness (QED) is 0.292. The minimum atomic E-state index is 0.137. The van der Waals surface area contributed by atoms with Crippen molar-refractivity contribution in [3.05, 3.63) is 137 Å². The fourth-order valence-corrected chi connectivity index (χ4v) is 6.13. The smallest absolute Gasteiger partial charge is 0.254 e. The van der Waals surface area contributed by atoms with Crippen LogP contribution in [0.4, 0.5) is 5.69 Å². The maximum Gasteiger partial charge on any atom is 0.254 e. The Kier molecular flexibility index (Phi) is 7.73. The van der Waals surface area contributed by atoms with Crippen LogP contribution in [0.5, 0.6) is 0 Å². The van der Waals surface area contributed by atoms with Gasteiger partial charge in [0.15, 0.2) is 0 Å². The van der Waals surface area contributed by atoms with Crippen LogP contribution in [0.25, 0.3) is 0 Å². The van der Waals surface area contributed by atoms with Crippen molar-refractivity contribution >= 4 is 11.6 Å². The van der Waals surface area contributed by atoms with Crippen LogP contribution in [0.1, 0.15) is 45.0 Å². The number of carbonyl (C=O) groups excluding carboxylic acids is 1. The van der Waals surface area contributed by atoms with Crippen molar-refractivity contribution in [3.63, 3.8) is 0 Å². The summed E-state index contributed by atoms with van der Waals surface area (Å²) >= 11 is 0. The molecule has 0 N–H and O–H groups in total. The zero-order chi connectivity index (χ0) is 26.4. The predicted molar refractivity (Wildman–Crippen MR) is 159 cm³/mol. The molecule has 1 amide bonds. The van der Waals surface area contributed by atoms with Crippen LogP contribution >= 0.6 is 0 Å². The first-order valence-electron chi connectivity index (χ1n) is 14.3. The maximum atomic E-state index is 13.4. The van der Waals surface area contributed by atoms with Gasteiger partial charge in [-0.1, -0.05) is 91.0 Å². The first kappa shape index (κ1) is 25.4. The molecule has 0 atom stereocenters. The second-order valence-corrected chi connectivity index (χ2v) is 10.8. The van der Waals surface area contributed by atoms with Crippen molar-refractivity contribution in [2.24, 2.45) is 0 Å². The number of carbonyl (C=O) groups is 1. The molecule has 0 aliphatic carbocycles. The minimum absolute atomic E-state index is 0.137. The van der Waals surface area contributed by atoms with E-state index in [2.05, 4.69) is 107 Å². The standard InChI is InChI=1S/C35H37N3O/c39-35(38-21-18-28-10-7-8-15-32(28)27-38)31-16-9-17-33(26-31)37-24-22-36(23-25-37)20-19-34(29-11-3-1-4-12-29)30-13-5-2-6-14-30/h1-17,26,34H,18-25,27H2. The lowest BCUT2D eigenvalue weighted by Crippen LogP contribution is -2.47. The number of piperazine rings is 1. The van der Waals surface area contributed by atoms with Crippen LogP contribution < -0.4 is 4.90 Å². The average Bonchev–Trinajstić information content (AvgIpc) is 3.02. The first-order valence-corrected chi connectivity index (χ1v) is 14.3. The summed E-state index contributed by atoms with van der Waals surface area (Å²) in [6.45, 7) is 6.61. The number of benzene rings is 4. The van der Waals surface area contributed by atoms with Crippen molar-refractivity contribution < 1.29 is 4.79 Å². The lowest BCUT2D eigenvalue weighted by molar-refractivity contribution is 0.0734. The van der Waals surface area contributed by atoms with E-state index in [0.29, 0.717) is 12.5 Å². The molecule has 4 aromatic carbocycles. The van der Waals surface area contributed by atoms with Gasteiger partial charge in [0.1, 0.15) is 0 Å². The number of hydrogen-bond acceptors (Lipinski definition) is 3. The third kappa shape index (κ3) is 5.91. The van der Waals surface area contributed by atoms with E-state index in [9.17, 15) is 4.79 Å². The molecule has 0 saturated carbocycles. The Hall–Kier alpha value is -3.89. The van der Waals surface area contributed by atoms with Crippen LogP contribution in [-0.2, 0) is 13.0 Å². The lowest BCUT2D eigenvalue weighted by atomic mass is 9.88. The molecule has 4 aromatic rings. The Morgan fingerprint density at radius 3 is 2.00 bits per heavy atom.